The number of nitrogens with zero attached hydrogens (tertiary/aromatic N) is 2. The molecule has 0 N–H and O–H groups in total. The Morgan fingerprint density at radius 2 is 2.00 bits per heavy atom. The van der Waals surface area contributed by atoms with Crippen LogP contribution in [0.1, 0.15) is 18.1 Å². The van der Waals surface area contributed by atoms with Gasteiger partial charge in [-0.1, -0.05) is 34.1 Å². The average Bonchev–Trinajstić information content (AvgIpc) is 2.40. The molecule has 0 saturated carbocycles. The van der Waals surface area contributed by atoms with E-state index in [1.54, 1.807) is 6.20 Å². The van der Waals surface area contributed by atoms with Gasteiger partial charge in [0.2, 0.25) is 0 Å². The standard InChI is InChI=1S/C15H13BrN2/c1-15(11-17,9-12-3-2-8-18-10-12)13-4-6-14(16)7-5-13/h2-8,10H,9H2,1H3. The largest absolute Gasteiger partial charge is 0.264 e. The fraction of sp³-hybridized carbons (Fsp3) is 0.200. The van der Waals surface area contributed by atoms with E-state index in [-0.39, 0.29) is 0 Å². The molecule has 2 nitrogen and oxygen atoms in total. The SMILES string of the molecule is CC(C#N)(Cc1cccnc1)c1ccc(Br)cc1. The lowest BCUT2D eigenvalue weighted by molar-refractivity contribution is 0.605. The van der Waals surface area contributed by atoms with Gasteiger partial charge in [-0.05, 0) is 42.7 Å². The van der Waals surface area contributed by atoms with E-state index in [0.29, 0.717) is 6.42 Å². The average molecular weight is 301 g/mol. The predicted molar refractivity (Wildman–Crippen MR) is 75.0 cm³/mol. The van der Waals surface area contributed by atoms with Gasteiger partial charge in [0.1, 0.15) is 0 Å². The molecule has 0 amide bonds. The Hall–Kier alpha value is -1.66. The maximum absolute atomic E-state index is 9.49. The minimum atomic E-state index is -0.524. The Morgan fingerprint density at radius 1 is 1.28 bits per heavy atom. The van der Waals surface area contributed by atoms with Gasteiger partial charge in [-0.25, -0.2) is 0 Å². The van der Waals surface area contributed by atoms with Crippen LogP contribution >= 0.6 is 15.9 Å². The molecule has 0 radical (unpaired) electrons. The predicted octanol–water partition coefficient (Wildman–Crippen LogP) is 3.87. The molecule has 3 heteroatoms. The highest BCUT2D eigenvalue weighted by molar-refractivity contribution is 9.10. The lowest BCUT2D eigenvalue weighted by Crippen LogP contribution is -2.22. The van der Waals surface area contributed by atoms with E-state index in [9.17, 15) is 5.26 Å². The molecule has 0 fully saturated rings. The first-order valence-electron chi connectivity index (χ1n) is 5.70. The highest BCUT2D eigenvalue weighted by Crippen LogP contribution is 2.28. The first-order valence-corrected chi connectivity index (χ1v) is 6.49. The number of halogens is 1. The molecule has 0 saturated heterocycles. The van der Waals surface area contributed by atoms with Crippen molar-refractivity contribution in [2.75, 3.05) is 0 Å². The number of nitriles is 1. The third-order valence-corrected chi connectivity index (χ3v) is 3.54. The zero-order valence-corrected chi connectivity index (χ0v) is 11.7. The minimum absolute atomic E-state index is 0.524. The summed E-state index contributed by atoms with van der Waals surface area (Å²) < 4.78 is 1.02. The summed E-state index contributed by atoms with van der Waals surface area (Å²) in [7, 11) is 0. The van der Waals surface area contributed by atoms with Crippen molar-refractivity contribution in [3.05, 3.63) is 64.4 Å². The number of hydrogen-bond acceptors (Lipinski definition) is 2. The molecule has 0 spiro atoms. The second-order valence-electron chi connectivity index (χ2n) is 4.49. The van der Waals surface area contributed by atoms with Crippen LogP contribution in [0, 0.1) is 11.3 Å². The third-order valence-electron chi connectivity index (χ3n) is 3.01. The van der Waals surface area contributed by atoms with Crippen molar-refractivity contribution in [2.45, 2.75) is 18.8 Å². The van der Waals surface area contributed by atoms with Gasteiger partial charge in [-0.3, -0.25) is 4.98 Å². The van der Waals surface area contributed by atoms with Crippen LogP contribution in [0.3, 0.4) is 0 Å². The molecular weight excluding hydrogens is 288 g/mol. The van der Waals surface area contributed by atoms with Gasteiger partial charge >= 0.3 is 0 Å². The van der Waals surface area contributed by atoms with Gasteiger partial charge in [0.05, 0.1) is 11.5 Å². The molecule has 18 heavy (non-hydrogen) atoms. The quantitative estimate of drug-likeness (QED) is 0.863. The van der Waals surface area contributed by atoms with Gasteiger partial charge in [-0.15, -0.1) is 0 Å². The summed E-state index contributed by atoms with van der Waals surface area (Å²) in [6, 6.07) is 14.2. The third kappa shape index (κ3) is 2.77. The molecule has 0 bridgehead atoms. The normalized spacial score (nSPS) is 13.6. The topological polar surface area (TPSA) is 36.7 Å². The second kappa shape index (κ2) is 5.32. The molecule has 0 aliphatic rings. The van der Waals surface area contributed by atoms with Crippen LogP contribution in [0.25, 0.3) is 0 Å². The summed E-state index contributed by atoms with van der Waals surface area (Å²) in [5.41, 5.74) is 1.57. The Balaban J connectivity index is 2.32. The first kappa shape index (κ1) is 12.8. The van der Waals surface area contributed by atoms with Crippen LogP contribution in [0.2, 0.25) is 0 Å². The second-order valence-corrected chi connectivity index (χ2v) is 5.40. The summed E-state index contributed by atoms with van der Waals surface area (Å²) in [6.07, 6.45) is 4.22. The van der Waals surface area contributed by atoms with E-state index in [0.717, 1.165) is 15.6 Å². The number of aromatic nitrogens is 1. The van der Waals surface area contributed by atoms with E-state index in [1.807, 2.05) is 49.5 Å². The molecular formula is C15H13BrN2. The molecule has 1 atom stereocenters. The molecule has 2 rings (SSSR count). The van der Waals surface area contributed by atoms with Crippen molar-refractivity contribution in [3.8, 4) is 6.07 Å². The molecule has 2 aromatic rings. The lowest BCUT2D eigenvalue weighted by atomic mass is 9.79. The Kier molecular flexibility index (Phi) is 3.78. The lowest BCUT2D eigenvalue weighted by Gasteiger charge is -2.22. The molecule has 1 aromatic carbocycles. The summed E-state index contributed by atoms with van der Waals surface area (Å²) in [4.78, 5) is 4.09. The van der Waals surface area contributed by atoms with E-state index < -0.39 is 5.41 Å². The van der Waals surface area contributed by atoms with Crippen molar-refractivity contribution in [3.63, 3.8) is 0 Å². The molecule has 1 unspecified atom stereocenters. The first-order chi connectivity index (χ1) is 8.64. The molecule has 0 aliphatic carbocycles. The summed E-state index contributed by atoms with van der Waals surface area (Å²) in [6.45, 7) is 1.96. The van der Waals surface area contributed by atoms with Crippen molar-refractivity contribution in [1.82, 2.24) is 4.98 Å². The Morgan fingerprint density at radius 3 is 2.56 bits per heavy atom. The van der Waals surface area contributed by atoms with Crippen molar-refractivity contribution >= 4 is 15.9 Å². The van der Waals surface area contributed by atoms with Crippen LogP contribution in [0.5, 0.6) is 0 Å². The fourth-order valence-electron chi connectivity index (χ4n) is 1.93. The van der Waals surface area contributed by atoms with Crippen LogP contribution in [-0.4, -0.2) is 4.98 Å². The maximum atomic E-state index is 9.49. The van der Waals surface area contributed by atoms with Crippen LogP contribution in [0.15, 0.2) is 53.3 Å². The van der Waals surface area contributed by atoms with Gasteiger partial charge in [0, 0.05) is 16.9 Å². The van der Waals surface area contributed by atoms with Crippen LogP contribution < -0.4 is 0 Å². The summed E-state index contributed by atoms with van der Waals surface area (Å²) >= 11 is 3.41. The Labute approximate surface area is 115 Å². The number of rotatable bonds is 3. The number of hydrogen-bond donors (Lipinski definition) is 0. The van der Waals surface area contributed by atoms with E-state index in [4.69, 9.17) is 0 Å². The number of benzene rings is 1. The van der Waals surface area contributed by atoms with Gasteiger partial charge < -0.3 is 0 Å². The molecule has 90 valence electrons. The van der Waals surface area contributed by atoms with Gasteiger partial charge in [0.15, 0.2) is 0 Å². The monoisotopic (exact) mass is 300 g/mol. The molecule has 1 heterocycles. The number of pyridine rings is 1. The van der Waals surface area contributed by atoms with Crippen LogP contribution in [0.4, 0.5) is 0 Å². The van der Waals surface area contributed by atoms with Gasteiger partial charge in [0.25, 0.3) is 0 Å². The Bertz CT molecular complexity index is 557. The fourth-order valence-corrected chi connectivity index (χ4v) is 2.20. The van der Waals surface area contributed by atoms with E-state index in [1.165, 1.54) is 0 Å². The summed E-state index contributed by atoms with van der Waals surface area (Å²) in [5, 5.41) is 9.49. The van der Waals surface area contributed by atoms with E-state index >= 15 is 0 Å². The maximum Gasteiger partial charge on any atom is 0.0835 e. The minimum Gasteiger partial charge on any atom is -0.264 e. The van der Waals surface area contributed by atoms with Gasteiger partial charge in [-0.2, -0.15) is 5.26 Å². The summed E-state index contributed by atoms with van der Waals surface area (Å²) in [5.74, 6) is 0. The highest BCUT2D eigenvalue weighted by atomic mass is 79.9. The van der Waals surface area contributed by atoms with Crippen LogP contribution in [-0.2, 0) is 11.8 Å². The molecule has 1 aromatic heterocycles. The smallest absolute Gasteiger partial charge is 0.0835 e. The van der Waals surface area contributed by atoms with Crippen molar-refractivity contribution in [1.29, 1.82) is 5.26 Å². The zero-order chi connectivity index (χ0) is 13.0. The highest BCUT2D eigenvalue weighted by Gasteiger charge is 2.26. The van der Waals surface area contributed by atoms with Crippen molar-refractivity contribution < 1.29 is 0 Å². The molecule has 0 aliphatic heterocycles. The van der Waals surface area contributed by atoms with Crippen molar-refractivity contribution in [2.24, 2.45) is 0 Å². The zero-order valence-electron chi connectivity index (χ0n) is 10.1. The van der Waals surface area contributed by atoms with E-state index in [2.05, 4.69) is 27.0 Å².